The summed E-state index contributed by atoms with van der Waals surface area (Å²) >= 11 is 0. The van der Waals surface area contributed by atoms with Crippen LogP contribution in [-0.4, -0.2) is 28.9 Å². The second kappa shape index (κ2) is 8.05. The molecular weight excluding hydrogens is 354 g/mol. The van der Waals surface area contributed by atoms with Crippen LogP contribution < -0.4 is 9.47 Å². The van der Waals surface area contributed by atoms with Crippen LogP contribution in [0, 0.1) is 0 Å². The predicted molar refractivity (Wildman–Crippen MR) is 109 cm³/mol. The lowest BCUT2D eigenvalue weighted by Crippen LogP contribution is -2.09. The van der Waals surface area contributed by atoms with Gasteiger partial charge in [0.15, 0.2) is 6.61 Å². The Morgan fingerprint density at radius 1 is 0.929 bits per heavy atom. The van der Waals surface area contributed by atoms with Crippen LogP contribution in [-0.2, 0) is 11.3 Å². The number of rotatable bonds is 8. The molecule has 1 heterocycles. The van der Waals surface area contributed by atoms with E-state index >= 15 is 0 Å². The van der Waals surface area contributed by atoms with Crippen molar-refractivity contribution in [2.45, 2.75) is 13.0 Å². The maximum Gasteiger partial charge on any atom is 0.341 e. The van der Waals surface area contributed by atoms with Gasteiger partial charge in [0.05, 0.1) is 12.1 Å². The Kier molecular flexibility index (Phi) is 5.15. The van der Waals surface area contributed by atoms with E-state index in [2.05, 4.69) is 22.8 Å². The third-order valence-corrected chi connectivity index (χ3v) is 4.66. The second-order valence-electron chi connectivity index (χ2n) is 6.59. The molecule has 0 spiro atoms. The second-order valence-corrected chi connectivity index (χ2v) is 6.59. The van der Waals surface area contributed by atoms with Crippen molar-refractivity contribution < 1.29 is 19.4 Å². The van der Waals surface area contributed by atoms with Crippen LogP contribution in [0.4, 0.5) is 0 Å². The first-order chi connectivity index (χ1) is 13.7. The monoisotopic (exact) mass is 375 g/mol. The van der Waals surface area contributed by atoms with E-state index in [1.807, 2.05) is 48.7 Å². The summed E-state index contributed by atoms with van der Waals surface area (Å²) in [5.74, 6) is 0.475. The highest BCUT2D eigenvalue weighted by Gasteiger charge is 2.06. The zero-order chi connectivity index (χ0) is 19.3. The fourth-order valence-electron chi connectivity index (χ4n) is 3.33. The minimum absolute atomic E-state index is 0.342. The van der Waals surface area contributed by atoms with Crippen molar-refractivity contribution in [3.05, 3.63) is 72.9 Å². The number of aryl methyl sites for hydroxylation is 1. The number of carboxylic acid groups (broad SMARTS) is 1. The normalized spacial score (nSPS) is 11.0. The van der Waals surface area contributed by atoms with E-state index in [4.69, 9.17) is 14.6 Å². The molecular formula is C23H21NO4. The van der Waals surface area contributed by atoms with Crippen molar-refractivity contribution in [3.63, 3.8) is 0 Å². The molecule has 0 saturated heterocycles. The fraction of sp³-hybridized carbons (Fsp3) is 0.174. The van der Waals surface area contributed by atoms with Gasteiger partial charge in [0.1, 0.15) is 11.5 Å². The summed E-state index contributed by atoms with van der Waals surface area (Å²) in [4.78, 5) is 10.7. The van der Waals surface area contributed by atoms with E-state index < -0.39 is 5.97 Å². The molecule has 1 aromatic heterocycles. The number of carboxylic acids is 1. The summed E-state index contributed by atoms with van der Waals surface area (Å²) in [6, 6.07) is 21.9. The molecule has 4 aromatic rings. The summed E-state index contributed by atoms with van der Waals surface area (Å²) in [6.45, 7) is 1.07. The molecule has 0 aliphatic heterocycles. The van der Waals surface area contributed by atoms with Crippen LogP contribution in [0.2, 0.25) is 0 Å². The lowest BCUT2D eigenvalue weighted by atomic mass is 10.1. The molecule has 0 radical (unpaired) electrons. The van der Waals surface area contributed by atoms with Crippen molar-refractivity contribution in [1.29, 1.82) is 0 Å². The third kappa shape index (κ3) is 3.93. The van der Waals surface area contributed by atoms with Gasteiger partial charge in [-0.1, -0.05) is 36.4 Å². The Bertz CT molecular complexity index is 1110. The fourth-order valence-corrected chi connectivity index (χ4v) is 3.33. The highest BCUT2D eigenvalue weighted by molar-refractivity contribution is 5.88. The molecule has 3 aromatic carbocycles. The lowest BCUT2D eigenvalue weighted by molar-refractivity contribution is -0.139. The van der Waals surface area contributed by atoms with Crippen molar-refractivity contribution in [2.24, 2.45) is 0 Å². The number of benzene rings is 3. The van der Waals surface area contributed by atoms with E-state index in [0.717, 1.165) is 35.0 Å². The first-order valence-electron chi connectivity index (χ1n) is 9.25. The molecule has 5 heteroatoms. The first kappa shape index (κ1) is 17.9. The van der Waals surface area contributed by atoms with E-state index in [-0.39, 0.29) is 6.61 Å². The highest BCUT2D eigenvalue weighted by Crippen LogP contribution is 2.26. The molecule has 4 rings (SSSR count). The van der Waals surface area contributed by atoms with Crippen molar-refractivity contribution in [3.8, 4) is 11.5 Å². The molecule has 1 N–H and O–H groups in total. The minimum atomic E-state index is -0.985. The molecule has 0 bridgehead atoms. The Morgan fingerprint density at radius 2 is 1.79 bits per heavy atom. The van der Waals surface area contributed by atoms with E-state index in [1.54, 1.807) is 6.07 Å². The van der Waals surface area contributed by atoms with Crippen LogP contribution in [0.3, 0.4) is 0 Å². The van der Waals surface area contributed by atoms with Gasteiger partial charge in [0.25, 0.3) is 0 Å². The smallest absolute Gasteiger partial charge is 0.341 e. The van der Waals surface area contributed by atoms with E-state index in [0.29, 0.717) is 12.4 Å². The van der Waals surface area contributed by atoms with Crippen LogP contribution >= 0.6 is 0 Å². The third-order valence-electron chi connectivity index (χ3n) is 4.66. The first-order valence-corrected chi connectivity index (χ1v) is 9.25. The zero-order valence-corrected chi connectivity index (χ0v) is 15.4. The maximum absolute atomic E-state index is 10.7. The largest absolute Gasteiger partial charge is 0.493 e. The molecule has 0 aliphatic rings. The van der Waals surface area contributed by atoms with E-state index in [9.17, 15) is 4.79 Å². The Hall–Kier alpha value is -3.47. The van der Waals surface area contributed by atoms with Crippen molar-refractivity contribution in [1.82, 2.24) is 4.57 Å². The van der Waals surface area contributed by atoms with Gasteiger partial charge in [0, 0.05) is 24.2 Å². The van der Waals surface area contributed by atoms with Crippen LogP contribution in [0.5, 0.6) is 11.5 Å². The Morgan fingerprint density at radius 3 is 2.68 bits per heavy atom. The van der Waals surface area contributed by atoms with Crippen molar-refractivity contribution >= 4 is 27.6 Å². The number of hydrogen-bond acceptors (Lipinski definition) is 3. The topological polar surface area (TPSA) is 60.7 Å². The number of nitrogens with zero attached hydrogens (tertiary/aromatic N) is 1. The molecule has 142 valence electrons. The lowest BCUT2D eigenvalue weighted by Gasteiger charge is -2.11. The average molecular weight is 375 g/mol. The van der Waals surface area contributed by atoms with Gasteiger partial charge in [-0.15, -0.1) is 0 Å². The van der Waals surface area contributed by atoms with Crippen molar-refractivity contribution in [2.75, 3.05) is 13.2 Å². The van der Waals surface area contributed by atoms with Gasteiger partial charge in [0.2, 0.25) is 0 Å². The molecule has 0 fully saturated rings. The number of carbonyl (C=O) groups is 1. The number of aromatic nitrogens is 1. The number of ether oxygens (including phenoxy) is 2. The number of fused-ring (bicyclic) bond motifs is 2. The van der Waals surface area contributed by atoms with Gasteiger partial charge >= 0.3 is 5.97 Å². The average Bonchev–Trinajstić information content (AvgIpc) is 3.12. The molecule has 28 heavy (non-hydrogen) atoms. The standard InChI is InChI=1S/C23H21NO4/c25-23(26)16-28-19-10-9-18-11-13-24(21(18)15-19)12-4-14-27-22-8-3-6-17-5-1-2-7-20(17)22/h1-3,5-11,13,15H,4,12,14,16H2,(H,25,26). The highest BCUT2D eigenvalue weighted by atomic mass is 16.5. The quantitative estimate of drug-likeness (QED) is 0.453. The van der Waals surface area contributed by atoms with E-state index in [1.165, 1.54) is 5.39 Å². The van der Waals surface area contributed by atoms with Crippen LogP contribution in [0.15, 0.2) is 72.9 Å². The molecule has 5 nitrogen and oxygen atoms in total. The van der Waals surface area contributed by atoms with Gasteiger partial charge in [-0.2, -0.15) is 0 Å². The Balaban J connectivity index is 1.40. The molecule has 0 aliphatic carbocycles. The summed E-state index contributed by atoms with van der Waals surface area (Å²) in [6.07, 6.45) is 2.89. The maximum atomic E-state index is 10.7. The summed E-state index contributed by atoms with van der Waals surface area (Å²) in [7, 11) is 0. The molecule has 0 unspecified atom stereocenters. The Labute approximate surface area is 162 Å². The van der Waals surface area contributed by atoms with Crippen LogP contribution in [0.1, 0.15) is 6.42 Å². The van der Waals surface area contributed by atoms with Crippen LogP contribution in [0.25, 0.3) is 21.7 Å². The zero-order valence-electron chi connectivity index (χ0n) is 15.4. The summed E-state index contributed by atoms with van der Waals surface area (Å²) in [5, 5.41) is 12.2. The summed E-state index contributed by atoms with van der Waals surface area (Å²) < 4.78 is 13.4. The minimum Gasteiger partial charge on any atom is -0.493 e. The SMILES string of the molecule is O=C(O)COc1ccc2ccn(CCCOc3cccc4ccccc34)c2c1. The molecule has 0 amide bonds. The number of hydrogen-bond donors (Lipinski definition) is 1. The van der Waals surface area contributed by atoms with Gasteiger partial charge in [-0.25, -0.2) is 4.79 Å². The number of aliphatic carboxylic acids is 1. The van der Waals surface area contributed by atoms with Gasteiger partial charge in [-0.3, -0.25) is 0 Å². The molecule has 0 saturated carbocycles. The van der Waals surface area contributed by atoms with Gasteiger partial charge in [-0.05, 0) is 41.5 Å². The van der Waals surface area contributed by atoms with Gasteiger partial charge < -0.3 is 19.1 Å². The molecule has 0 atom stereocenters. The summed E-state index contributed by atoms with van der Waals surface area (Å²) in [5.41, 5.74) is 1.02. The predicted octanol–water partition coefficient (Wildman–Crippen LogP) is 4.73.